The smallest absolute Gasteiger partial charge is 0.257 e. The fraction of sp³-hybridized carbons (Fsp3) is 0.176. The summed E-state index contributed by atoms with van der Waals surface area (Å²) >= 11 is 0. The number of amides is 1. The number of hydrogen-bond acceptors (Lipinski definition) is 6. The lowest BCUT2D eigenvalue weighted by molar-refractivity contribution is 0.0949. The van der Waals surface area contributed by atoms with Crippen molar-refractivity contribution in [2.45, 2.75) is 11.4 Å². The predicted octanol–water partition coefficient (Wildman–Crippen LogP) is 1.49. The second-order valence-electron chi connectivity index (χ2n) is 5.76. The summed E-state index contributed by atoms with van der Waals surface area (Å²) in [4.78, 5) is 19.9. The van der Waals surface area contributed by atoms with Gasteiger partial charge in [-0.1, -0.05) is 12.1 Å². The van der Waals surface area contributed by atoms with Crippen molar-refractivity contribution >= 4 is 32.7 Å². The van der Waals surface area contributed by atoms with Crippen LogP contribution in [0.25, 0.3) is 11.0 Å². The molecule has 3 aromatic rings. The predicted molar refractivity (Wildman–Crippen MR) is 97.8 cm³/mol. The molecular formula is C17H18N4O4S. The van der Waals surface area contributed by atoms with Crippen LogP contribution in [0.15, 0.2) is 41.3 Å². The molecule has 0 aliphatic rings. The molecule has 0 spiro atoms. The number of carbonyl (C=O) groups is 1. The van der Waals surface area contributed by atoms with Crippen LogP contribution in [0.4, 0.5) is 5.95 Å². The van der Waals surface area contributed by atoms with Gasteiger partial charge in [0.25, 0.3) is 5.91 Å². The molecular weight excluding hydrogens is 356 g/mol. The number of nitrogens with one attached hydrogen (secondary N) is 2. The fourth-order valence-electron chi connectivity index (χ4n) is 2.60. The lowest BCUT2D eigenvalue weighted by atomic mass is 10.1. The lowest BCUT2D eigenvalue weighted by Gasteiger charge is -2.10. The molecule has 0 bridgehead atoms. The van der Waals surface area contributed by atoms with Gasteiger partial charge in [0.15, 0.2) is 15.8 Å². The number of nitrogens with two attached hydrogens (primary N) is 1. The first kappa shape index (κ1) is 17.7. The van der Waals surface area contributed by atoms with E-state index in [0.29, 0.717) is 22.3 Å². The standard InChI is InChI=1S/C17H18N4O4S/c1-25-13-8-7-12-15(21-17(18)20-12)14(13)16(22)19-9-10-3-5-11(6-4-10)26(2,23)24/h3-8H,9H2,1-2H3,(H,19,22)(H3,18,20,21). The molecule has 0 saturated carbocycles. The highest BCUT2D eigenvalue weighted by atomic mass is 32.2. The van der Waals surface area contributed by atoms with Crippen LogP contribution in [-0.4, -0.2) is 37.7 Å². The third-order valence-corrected chi connectivity index (χ3v) is 5.02. The van der Waals surface area contributed by atoms with E-state index in [1.165, 1.54) is 19.2 Å². The molecule has 0 radical (unpaired) electrons. The van der Waals surface area contributed by atoms with Crippen LogP contribution in [-0.2, 0) is 16.4 Å². The summed E-state index contributed by atoms with van der Waals surface area (Å²) in [6.45, 7) is 0.228. The summed E-state index contributed by atoms with van der Waals surface area (Å²) in [5, 5.41) is 2.79. The number of imidazole rings is 1. The van der Waals surface area contributed by atoms with Gasteiger partial charge in [0.1, 0.15) is 11.3 Å². The van der Waals surface area contributed by atoms with Crippen molar-refractivity contribution in [3.05, 3.63) is 47.5 Å². The first-order valence-electron chi connectivity index (χ1n) is 7.69. The number of anilines is 1. The lowest BCUT2D eigenvalue weighted by Crippen LogP contribution is -2.23. The quantitative estimate of drug-likeness (QED) is 0.621. The molecule has 0 aliphatic carbocycles. The van der Waals surface area contributed by atoms with E-state index in [0.717, 1.165) is 11.8 Å². The zero-order chi connectivity index (χ0) is 18.9. The Morgan fingerprint density at radius 1 is 1.23 bits per heavy atom. The highest BCUT2D eigenvalue weighted by molar-refractivity contribution is 7.90. The van der Waals surface area contributed by atoms with E-state index in [1.807, 2.05) is 0 Å². The van der Waals surface area contributed by atoms with Crippen molar-refractivity contribution in [1.29, 1.82) is 0 Å². The second-order valence-corrected chi connectivity index (χ2v) is 7.77. The Morgan fingerprint density at radius 3 is 2.54 bits per heavy atom. The Morgan fingerprint density at radius 2 is 1.92 bits per heavy atom. The number of fused-ring (bicyclic) bond motifs is 1. The Hall–Kier alpha value is -3.07. The number of ether oxygens (including phenoxy) is 1. The Labute approximate surface area is 150 Å². The molecule has 1 amide bonds. The number of H-pyrrole nitrogens is 1. The highest BCUT2D eigenvalue weighted by Gasteiger charge is 2.18. The van der Waals surface area contributed by atoms with Crippen LogP contribution in [0.1, 0.15) is 15.9 Å². The summed E-state index contributed by atoms with van der Waals surface area (Å²) < 4.78 is 28.3. The van der Waals surface area contributed by atoms with E-state index in [9.17, 15) is 13.2 Å². The number of carbonyl (C=O) groups excluding carboxylic acids is 1. The molecule has 1 heterocycles. The zero-order valence-corrected chi connectivity index (χ0v) is 15.1. The maximum absolute atomic E-state index is 12.7. The van der Waals surface area contributed by atoms with Gasteiger partial charge in [0.05, 0.1) is 23.0 Å². The summed E-state index contributed by atoms with van der Waals surface area (Å²) in [7, 11) is -1.78. The molecule has 3 rings (SSSR count). The first-order valence-corrected chi connectivity index (χ1v) is 9.58. The van der Waals surface area contributed by atoms with Crippen molar-refractivity contribution in [3.8, 4) is 5.75 Å². The van der Waals surface area contributed by atoms with Crippen molar-refractivity contribution in [2.24, 2.45) is 0 Å². The number of aromatic amines is 1. The number of hydrogen-bond donors (Lipinski definition) is 3. The van der Waals surface area contributed by atoms with Gasteiger partial charge in [0.2, 0.25) is 0 Å². The molecule has 0 saturated heterocycles. The second kappa shape index (κ2) is 6.68. The number of benzene rings is 2. The molecule has 0 aliphatic heterocycles. The largest absolute Gasteiger partial charge is 0.496 e. The maximum atomic E-state index is 12.7. The molecule has 1 aromatic heterocycles. The fourth-order valence-corrected chi connectivity index (χ4v) is 3.23. The van der Waals surface area contributed by atoms with E-state index in [1.54, 1.807) is 24.3 Å². The Bertz CT molecular complexity index is 1070. The zero-order valence-electron chi connectivity index (χ0n) is 14.2. The molecule has 26 heavy (non-hydrogen) atoms. The molecule has 8 nitrogen and oxygen atoms in total. The molecule has 0 atom stereocenters. The van der Waals surface area contributed by atoms with Gasteiger partial charge in [0, 0.05) is 12.8 Å². The van der Waals surface area contributed by atoms with Gasteiger partial charge < -0.3 is 20.8 Å². The molecule has 9 heteroatoms. The van der Waals surface area contributed by atoms with Crippen molar-refractivity contribution in [2.75, 3.05) is 19.1 Å². The maximum Gasteiger partial charge on any atom is 0.257 e. The third kappa shape index (κ3) is 3.47. The third-order valence-electron chi connectivity index (χ3n) is 3.89. The van der Waals surface area contributed by atoms with Crippen LogP contribution in [0, 0.1) is 0 Å². The molecule has 4 N–H and O–H groups in total. The van der Waals surface area contributed by atoms with Gasteiger partial charge in [-0.05, 0) is 29.8 Å². The highest BCUT2D eigenvalue weighted by Crippen LogP contribution is 2.27. The van der Waals surface area contributed by atoms with Crippen molar-refractivity contribution < 1.29 is 17.9 Å². The summed E-state index contributed by atoms with van der Waals surface area (Å²) in [6, 6.07) is 9.69. The van der Waals surface area contributed by atoms with Crippen LogP contribution in [0.5, 0.6) is 5.75 Å². The number of aromatic nitrogens is 2. The molecule has 136 valence electrons. The van der Waals surface area contributed by atoms with E-state index >= 15 is 0 Å². The van der Waals surface area contributed by atoms with Gasteiger partial charge in [-0.3, -0.25) is 4.79 Å². The Balaban J connectivity index is 1.83. The van der Waals surface area contributed by atoms with E-state index < -0.39 is 9.84 Å². The topological polar surface area (TPSA) is 127 Å². The average Bonchev–Trinajstić information content (AvgIpc) is 2.98. The number of nitrogen functional groups attached to an aromatic ring is 1. The summed E-state index contributed by atoms with van der Waals surface area (Å²) in [6.07, 6.45) is 1.15. The van der Waals surface area contributed by atoms with E-state index in [4.69, 9.17) is 10.5 Å². The molecule has 2 aromatic carbocycles. The minimum atomic E-state index is -3.25. The Kier molecular flexibility index (Phi) is 4.56. The van der Waals surface area contributed by atoms with Crippen LogP contribution in [0.2, 0.25) is 0 Å². The SMILES string of the molecule is COc1ccc2nc(N)[nH]c2c1C(=O)NCc1ccc(S(C)(=O)=O)cc1. The van der Waals surface area contributed by atoms with E-state index in [-0.39, 0.29) is 23.3 Å². The molecule has 0 unspecified atom stereocenters. The van der Waals surface area contributed by atoms with Gasteiger partial charge >= 0.3 is 0 Å². The van der Waals surface area contributed by atoms with Gasteiger partial charge in [-0.15, -0.1) is 0 Å². The molecule has 0 fully saturated rings. The summed E-state index contributed by atoms with van der Waals surface area (Å²) in [5.41, 5.74) is 7.80. The van der Waals surface area contributed by atoms with Gasteiger partial charge in [-0.2, -0.15) is 0 Å². The van der Waals surface area contributed by atoms with Gasteiger partial charge in [-0.25, -0.2) is 13.4 Å². The number of nitrogens with zero attached hydrogens (tertiary/aromatic N) is 1. The number of sulfone groups is 1. The monoisotopic (exact) mass is 374 g/mol. The van der Waals surface area contributed by atoms with E-state index in [2.05, 4.69) is 15.3 Å². The summed E-state index contributed by atoms with van der Waals surface area (Å²) in [5.74, 6) is 0.244. The van der Waals surface area contributed by atoms with Crippen LogP contribution < -0.4 is 15.8 Å². The first-order chi connectivity index (χ1) is 12.3. The average molecular weight is 374 g/mol. The normalized spacial score (nSPS) is 11.5. The minimum Gasteiger partial charge on any atom is -0.496 e. The minimum absolute atomic E-state index is 0.207. The van der Waals surface area contributed by atoms with Crippen LogP contribution in [0.3, 0.4) is 0 Å². The van der Waals surface area contributed by atoms with Crippen molar-refractivity contribution in [3.63, 3.8) is 0 Å². The number of methoxy groups -OCH3 is 1. The van der Waals surface area contributed by atoms with Crippen LogP contribution >= 0.6 is 0 Å². The number of rotatable bonds is 5. The van der Waals surface area contributed by atoms with Crippen molar-refractivity contribution in [1.82, 2.24) is 15.3 Å².